The van der Waals surface area contributed by atoms with Crippen LogP contribution < -0.4 is 4.74 Å². The van der Waals surface area contributed by atoms with Gasteiger partial charge < -0.3 is 4.74 Å². The van der Waals surface area contributed by atoms with E-state index >= 15 is 0 Å². The van der Waals surface area contributed by atoms with Crippen LogP contribution in [0, 0.1) is 0 Å². The Morgan fingerprint density at radius 2 is 2.38 bits per heavy atom. The number of ether oxygens (including phenoxy) is 1. The van der Waals surface area contributed by atoms with E-state index < -0.39 is 0 Å². The summed E-state index contributed by atoms with van der Waals surface area (Å²) in [6.45, 7) is 0. The van der Waals surface area contributed by atoms with Crippen molar-refractivity contribution < 1.29 is 4.74 Å². The van der Waals surface area contributed by atoms with Gasteiger partial charge in [0, 0.05) is 23.5 Å². The number of hydrogen-bond donors (Lipinski definition) is 1. The summed E-state index contributed by atoms with van der Waals surface area (Å²) in [5, 5.41) is 6.61. The minimum Gasteiger partial charge on any atom is -0.481 e. The molecule has 0 aliphatic carbocycles. The summed E-state index contributed by atoms with van der Waals surface area (Å²) < 4.78 is 5.12. The fourth-order valence-corrected chi connectivity index (χ4v) is 1.17. The van der Waals surface area contributed by atoms with Gasteiger partial charge in [-0.05, 0) is 12.1 Å². The van der Waals surface area contributed by atoms with Crippen LogP contribution >= 0.6 is 0 Å². The van der Waals surface area contributed by atoms with E-state index in [1.807, 2.05) is 12.1 Å². The number of aromatic nitrogens is 3. The molecule has 0 aromatic carbocycles. The molecule has 2 rings (SSSR count). The average molecular weight is 175 g/mol. The smallest absolute Gasteiger partial charge is 0.221 e. The molecule has 0 atom stereocenters. The zero-order valence-electron chi connectivity index (χ0n) is 7.19. The van der Waals surface area contributed by atoms with Crippen molar-refractivity contribution in [3.63, 3.8) is 0 Å². The second-order valence-corrected chi connectivity index (χ2v) is 2.55. The van der Waals surface area contributed by atoms with E-state index in [0.29, 0.717) is 5.88 Å². The predicted octanol–water partition coefficient (Wildman–Crippen LogP) is 1.48. The number of H-pyrrole nitrogens is 1. The van der Waals surface area contributed by atoms with Gasteiger partial charge in [-0.25, -0.2) is 4.98 Å². The van der Waals surface area contributed by atoms with Gasteiger partial charge in [0.15, 0.2) is 0 Å². The number of aromatic amines is 1. The SMILES string of the molecule is COc1ncccc1-c1cn[nH]c1. The third kappa shape index (κ3) is 1.38. The van der Waals surface area contributed by atoms with Gasteiger partial charge in [-0.3, -0.25) is 5.10 Å². The molecule has 2 aromatic heterocycles. The Balaban J connectivity index is 2.51. The van der Waals surface area contributed by atoms with E-state index in [1.165, 1.54) is 0 Å². The Morgan fingerprint density at radius 1 is 1.46 bits per heavy atom. The largest absolute Gasteiger partial charge is 0.481 e. The first-order chi connectivity index (χ1) is 6.42. The summed E-state index contributed by atoms with van der Waals surface area (Å²) in [6.07, 6.45) is 5.24. The maximum absolute atomic E-state index is 5.12. The molecule has 4 nitrogen and oxygen atoms in total. The Morgan fingerprint density at radius 3 is 3.08 bits per heavy atom. The van der Waals surface area contributed by atoms with Crippen LogP contribution in [0.4, 0.5) is 0 Å². The molecule has 1 N–H and O–H groups in total. The van der Waals surface area contributed by atoms with Crippen LogP contribution in [-0.2, 0) is 0 Å². The molecule has 13 heavy (non-hydrogen) atoms. The van der Waals surface area contributed by atoms with Crippen LogP contribution in [0.5, 0.6) is 5.88 Å². The summed E-state index contributed by atoms with van der Waals surface area (Å²) in [4.78, 5) is 4.09. The van der Waals surface area contributed by atoms with Gasteiger partial charge in [0.05, 0.1) is 13.3 Å². The van der Waals surface area contributed by atoms with Gasteiger partial charge in [-0.1, -0.05) is 0 Å². The van der Waals surface area contributed by atoms with E-state index in [9.17, 15) is 0 Å². The quantitative estimate of drug-likeness (QED) is 0.752. The van der Waals surface area contributed by atoms with Crippen molar-refractivity contribution in [2.45, 2.75) is 0 Å². The molecule has 4 heteroatoms. The number of methoxy groups -OCH3 is 1. The number of nitrogens with one attached hydrogen (secondary N) is 1. The lowest BCUT2D eigenvalue weighted by Crippen LogP contribution is -1.89. The lowest BCUT2D eigenvalue weighted by atomic mass is 10.1. The molecule has 0 bridgehead atoms. The monoisotopic (exact) mass is 175 g/mol. The van der Waals surface area contributed by atoms with Crippen molar-refractivity contribution in [1.82, 2.24) is 15.2 Å². The molecule has 2 heterocycles. The zero-order valence-corrected chi connectivity index (χ0v) is 7.19. The van der Waals surface area contributed by atoms with Gasteiger partial charge in [-0.2, -0.15) is 5.10 Å². The summed E-state index contributed by atoms with van der Waals surface area (Å²) in [5.74, 6) is 0.615. The molecule has 0 aliphatic rings. The minimum atomic E-state index is 0.615. The Bertz CT molecular complexity index is 384. The van der Waals surface area contributed by atoms with Gasteiger partial charge in [-0.15, -0.1) is 0 Å². The Labute approximate surface area is 75.6 Å². The van der Waals surface area contributed by atoms with Crippen molar-refractivity contribution in [2.24, 2.45) is 0 Å². The standard InChI is InChI=1S/C9H9N3O/c1-13-9-8(3-2-4-10-9)7-5-11-12-6-7/h2-6H,1H3,(H,11,12). The van der Waals surface area contributed by atoms with Gasteiger partial charge in [0.2, 0.25) is 5.88 Å². The van der Waals surface area contributed by atoms with Gasteiger partial charge in [0.1, 0.15) is 0 Å². The maximum Gasteiger partial charge on any atom is 0.221 e. The number of hydrogen-bond acceptors (Lipinski definition) is 3. The molecule has 0 aliphatic heterocycles. The summed E-state index contributed by atoms with van der Waals surface area (Å²) in [5.41, 5.74) is 1.92. The van der Waals surface area contributed by atoms with Crippen molar-refractivity contribution >= 4 is 0 Å². The molecule has 0 radical (unpaired) electrons. The third-order valence-electron chi connectivity index (χ3n) is 1.77. The van der Waals surface area contributed by atoms with Crippen molar-refractivity contribution in [3.8, 4) is 17.0 Å². The molecule has 0 unspecified atom stereocenters. The maximum atomic E-state index is 5.12. The van der Waals surface area contributed by atoms with Crippen molar-refractivity contribution in [1.29, 1.82) is 0 Å². The van der Waals surface area contributed by atoms with E-state index in [2.05, 4.69) is 15.2 Å². The van der Waals surface area contributed by atoms with Crippen molar-refractivity contribution in [3.05, 3.63) is 30.7 Å². The number of nitrogens with zero attached hydrogens (tertiary/aromatic N) is 2. The molecule has 66 valence electrons. The van der Waals surface area contributed by atoms with Crippen LogP contribution in [0.1, 0.15) is 0 Å². The van der Waals surface area contributed by atoms with E-state index in [4.69, 9.17) is 4.74 Å². The highest BCUT2D eigenvalue weighted by Crippen LogP contribution is 2.25. The first-order valence-electron chi connectivity index (χ1n) is 3.90. The molecular weight excluding hydrogens is 166 g/mol. The van der Waals surface area contributed by atoms with Crippen LogP contribution in [0.15, 0.2) is 30.7 Å². The van der Waals surface area contributed by atoms with E-state index in [-0.39, 0.29) is 0 Å². The van der Waals surface area contributed by atoms with Crippen LogP contribution in [-0.4, -0.2) is 22.3 Å². The molecule has 0 saturated carbocycles. The topological polar surface area (TPSA) is 50.8 Å². The average Bonchev–Trinajstić information content (AvgIpc) is 2.70. The van der Waals surface area contributed by atoms with Gasteiger partial charge >= 0.3 is 0 Å². The second-order valence-electron chi connectivity index (χ2n) is 2.55. The molecule has 0 saturated heterocycles. The first-order valence-corrected chi connectivity index (χ1v) is 3.90. The minimum absolute atomic E-state index is 0.615. The second kappa shape index (κ2) is 3.26. The zero-order chi connectivity index (χ0) is 9.10. The predicted molar refractivity (Wildman–Crippen MR) is 48.4 cm³/mol. The van der Waals surface area contributed by atoms with Crippen LogP contribution in [0.25, 0.3) is 11.1 Å². The number of rotatable bonds is 2. The summed E-state index contributed by atoms with van der Waals surface area (Å²) in [7, 11) is 1.60. The highest BCUT2D eigenvalue weighted by molar-refractivity contribution is 5.66. The highest BCUT2D eigenvalue weighted by Gasteiger charge is 2.05. The van der Waals surface area contributed by atoms with E-state index in [0.717, 1.165) is 11.1 Å². The fourth-order valence-electron chi connectivity index (χ4n) is 1.17. The molecule has 0 amide bonds. The van der Waals surface area contributed by atoms with Crippen LogP contribution in [0.2, 0.25) is 0 Å². The first kappa shape index (κ1) is 7.79. The molecule has 0 fully saturated rings. The van der Waals surface area contributed by atoms with Crippen LogP contribution in [0.3, 0.4) is 0 Å². The summed E-state index contributed by atoms with van der Waals surface area (Å²) >= 11 is 0. The number of pyridine rings is 1. The molecular formula is C9H9N3O. The third-order valence-corrected chi connectivity index (χ3v) is 1.77. The lowest BCUT2D eigenvalue weighted by Gasteiger charge is -2.03. The highest BCUT2D eigenvalue weighted by atomic mass is 16.5. The van der Waals surface area contributed by atoms with Gasteiger partial charge in [0.25, 0.3) is 0 Å². The Kier molecular flexibility index (Phi) is 1.96. The van der Waals surface area contributed by atoms with E-state index in [1.54, 1.807) is 25.7 Å². The summed E-state index contributed by atoms with van der Waals surface area (Å²) in [6, 6.07) is 3.81. The molecule has 2 aromatic rings. The fraction of sp³-hybridized carbons (Fsp3) is 0.111. The normalized spacial score (nSPS) is 9.92. The molecule has 0 spiro atoms. The Hall–Kier alpha value is -1.84. The lowest BCUT2D eigenvalue weighted by molar-refractivity contribution is 0.399. The van der Waals surface area contributed by atoms with Crippen molar-refractivity contribution in [2.75, 3.05) is 7.11 Å².